The van der Waals surface area contributed by atoms with Crippen LogP contribution >= 0.6 is 0 Å². The van der Waals surface area contributed by atoms with Crippen molar-refractivity contribution in [3.05, 3.63) is 59.7 Å². The molecule has 0 aliphatic carbocycles. The van der Waals surface area contributed by atoms with Gasteiger partial charge in [-0.1, -0.05) is 31.9 Å². The maximum absolute atomic E-state index is 10.5. The van der Waals surface area contributed by atoms with Crippen molar-refractivity contribution in [1.82, 2.24) is 0 Å². The highest BCUT2D eigenvalue weighted by Gasteiger charge is 2.13. The van der Waals surface area contributed by atoms with E-state index in [4.69, 9.17) is 15.9 Å². The lowest BCUT2D eigenvalue weighted by atomic mass is 10.1. The van der Waals surface area contributed by atoms with Crippen molar-refractivity contribution in [2.75, 3.05) is 17.6 Å². The normalized spacial score (nSPS) is 9.64. The van der Waals surface area contributed by atoms with Crippen molar-refractivity contribution in [3.8, 4) is 0 Å². The number of carboxylic acid groups (broad SMARTS) is 2. The number of aromatic carboxylic acids is 2. The Morgan fingerprint density at radius 1 is 0.920 bits per heavy atom. The Balaban J connectivity index is 0.000000251. The number of hydrogen-bond acceptors (Lipinski definition) is 4. The van der Waals surface area contributed by atoms with Crippen molar-refractivity contribution >= 4 is 23.3 Å². The van der Waals surface area contributed by atoms with Crippen molar-refractivity contribution in [2.45, 2.75) is 26.2 Å². The lowest BCUT2D eigenvalue weighted by Gasteiger charge is -2.05. The number of carboxylic acids is 2. The van der Waals surface area contributed by atoms with Gasteiger partial charge in [-0.2, -0.15) is 0 Å². The molecule has 0 aliphatic heterocycles. The van der Waals surface area contributed by atoms with Gasteiger partial charge in [0.15, 0.2) is 0 Å². The van der Waals surface area contributed by atoms with Crippen LogP contribution < -0.4 is 11.1 Å². The molecule has 0 unspecified atom stereocenters. The van der Waals surface area contributed by atoms with Gasteiger partial charge in [0.2, 0.25) is 0 Å². The van der Waals surface area contributed by atoms with Crippen LogP contribution in [0.1, 0.15) is 46.9 Å². The van der Waals surface area contributed by atoms with Gasteiger partial charge in [-0.3, -0.25) is 0 Å². The minimum Gasteiger partial charge on any atom is -0.478 e. The molecule has 6 heteroatoms. The molecule has 0 fully saturated rings. The van der Waals surface area contributed by atoms with E-state index in [0.29, 0.717) is 0 Å². The summed E-state index contributed by atoms with van der Waals surface area (Å²) in [4.78, 5) is 20.9. The van der Waals surface area contributed by atoms with Crippen molar-refractivity contribution in [1.29, 1.82) is 0 Å². The van der Waals surface area contributed by atoms with Gasteiger partial charge in [-0.25, -0.2) is 9.59 Å². The molecule has 0 atom stereocenters. The number of benzene rings is 2. The van der Waals surface area contributed by atoms with Gasteiger partial charge >= 0.3 is 11.9 Å². The fraction of sp³-hybridized carbons (Fsp3) is 0.263. The average molecular weight is 344 g/mol. The van der Waals surface area contributed by atoms with Crippen LogP contribution in [0.15, 0.2) is 48.5 Å². The van der Waals surface area contributed by atoms with E-state index in [2.05, 4.69) is 12.2 Å². The quantitative estimate of drug-likeness (QED) is 0.447. The number of unbranched alkanes of at least 4 members (excludes halogenated alkanes) is 2. The summed E-state index contributed by atoms with van der Waals surface area (Å²) < 4.78 is 0. The van der Waals surface area contributed by atoms with Crippen molar-refractivity contribution < 1.29 is 19.8 Å². The summed E-state index contributed by atoms with van der Waals surface area (Å²) in [6, 6.07) is 13.3. The number of rotatable bonds is 7. The lowest BCUT2D eigenvalue weighted by molar-refractivity contribution is 0.0651. The lowest BCUT2D eigenvalue weighted by Crippen LogP contribution is -2.06. The third-order valence-electron chi connectivity index (χ3n) is 3.41. The Kier molecular flexibility index (Phi) is 8.57. The zero-order valence-electron chi connectivity index (χ0n) is 14.2. The van der Waals surface area contributed by atoms with Gasteiger partial charge in [0.05, 0.1) is 11.1 Å². The van der Waals surface area contributed by atoms with E-state index in [1.807, 2.05) is 24.3 Å². The van der Waals surface area contributed by atoms with E-state index in [9.17, 15) is 9.59 Å². The Labute approximate surface area is 147 Å². The highest BCUT2D eigenvalue weighted by atomic mass is 16.4. The van der Waals surface area contributed by atoms with E-state index in [1.165, 1.54) is 43.5 Å². The molecule has 134 valence electrons. The molecule has 0 spiro atoms. The van der Waals surface area contributed by atoms with Crippen LogP contribution in [0.3, 0.4) is 0 Å². The van der Waals surface area contributed by atoms with E-state index < -0.39 is 11.9 Å². The highest BCUT2D eigenvalue weighted by molar-refractivity contribution is 6.01. The number of nitrogens with two attached hydrogens (primary N) is 1. The molecule has 0 saturated heterocycles. The second kappa shape index (κ2) is 10.7. The van der Waals surface area contributed by atoms with Crippen LogP contribution in [0, 0.1) is 0 Å². The van der Waals surface area contributed by atoms with Crippen LogP contribution in [0.4, 0.5) is 11.4 Å². The van der Waals surface area contributed by atoms with E-state index in [-0.39, 0.29) is 11.1 Å². The minimum atomic E-state index is -1.23. The number of nitrogens with one attached hydrogen (secondary N) is 1. The largest absolute Gasteiger partial charge is 0.478 e. The fourth-order valence-corrected chi connectivity index (χ4v) is 2.06. The second-order valence-electron chi connectivity index (χ2n) is 5.41. The van der Waals surface area contributed by atoms with Crippen molar-refractivity contribution in [3.63, 3.8) is 0 Å². The smallest absolute Gasteiger partial charge is 0.336 e. The molecule has 2 aromatic carbocycles. The molecule has 2 aromatic rings. The monoisotopic (exact) mass is 344 g/mol. The summed E-state index contributed by atoms with van der Waals surface area (Å²) in [6.45, 7) is 3.26. The van der Waals surface area contributed by atoms with Gasteiger partial charge in [-0.15, -0.1) is 0 Å². The summed E-state index contributed by atoms with van der Waals surface area (Å²) in [6.07, 6.45) is 3.80. The first-order valence-electron chi connectivity index (χ1n) is 8.10. The third-order valence-corrected chi connectivity index (χ3v) is 3.41. The zero-order valence-corrected chi connectivity index (χ0v) is 14.2. The molecule has 0 aliphatic rings. The molecule has 0 aromatic heterocycles. The standard InChI is InChI=1S/C11H18N2.C8H6O4/c1-2-3-4-9-13-11-7-5-10(12)6-8-11;9-7(10)5-3-1-2-4-6(5)8(11)12/h5-8,13H,2-4,9,12H2,1H3;1-4H,(H,9,10)(H,11,12). The second-order valence-corrected chi connectivity index (χ2v) is 5.41. The number of carbonyl (C=O) groups is 2. The van der Waals surface area contributed by atoms with Gasteiger partial charge < -0.3 is 21.3 Å². The van der Waals surface area contributed by atoms with Gasteiger partial charge in [0, 0.05) is 17.9 Å². The van der Waals surface area contributed by atoms with Gasteiger partial charge in [0.25, 0.3) is 0 Å². The summed E-state index contributed by atoms with van der Waals surface area (Å²) in [5.74, 6) is -2.46. The highest BCUT2D eigenvalue weighted by Crippen LogP contribution is 2.10. The number of hydrogen-bond donors (Lipinski definition) is 4. The molecule has 2 rings (SSSR count). The first-order valence-corrected chi connectivity index (χ1v) is 8.10. The molecule has 6 nitrogen and oxygen atoms in total. The summed E-state index contributed by atoms with van der Waals surface area (Å²) in [5, 5.41) is 20.5. The number of nitrogen functional groups attached to an aromatic ring is 1. The number of anilines is 2. The molecule has 0 radical (unpaired) electrons. The maximum Gasteiger partial charge on any atom is 0.336 e. The Bertz CT molecular complexity index is 651. The predicted molar refractivity (Wildman–Crippen MR) is 99.2 cm³/mol. The maximum atomic E-state index is 10.5. The van der Waals surface area contributed by atoms with Gasteiger partial charge in [-0.05, 0) is 42.8 Å². The third kappa shape index (κ3) is 7.39. The van der Waals surface area contributed by atoms with Crippen LogP contribution in [0.5, 0.6) is 0 Å². The molecule has 0 saturated carbocycles. The molecule has 5 N–H and O–H groups in total. The first-order chi connectivity index (χ1) is 12.0. The van der Waals surface area contributed by atoms with Gasteiger partial charge in [0.1, 0.15) is 0 Å². The Morgan fingerprint density at radius 3 is 1.88 bits per heavy atom. The van der Waals surface area contributed by atoms with E-state index >= 15 is 0 Å². The van der Waals surface area contributed by atoms with E-state index in [0.717, 1.165) is 17.9 Å². The van der Waals surface area contributed by atoms with E-state index in [1.54, 1.807) is 0 Å². The van der Waals surface area contributed by atoms with Crippen molar-refractivity contribution in [2.24, 2.45) is 0 Å². The van der Waals surface area contributed by atoms with Crippen LogP contribution in [0.25, 0.3) is 0 Å². The zero-order chi connectivity index (χ0) is 18.7. The molecule has 25 heavy (non-hydrogen) atoms. The molecular formula is C19H24N2O4. The Morgan fingerprint density at radius 2 is 1.44 bits per heavy atom. The van der Waals surface area contributed by atoms with Crippen LogP contribution in [-0.4, -0.2) is 28.7 Å². The van der Waals surface area contributed by atoms with Crippen LogP contribution in [0.2, 0.25) is 0 Å². The predicted octanol–water partition coefficient (Wildman–Crippen LogP) is 3.95. The summed E-state index contributed by atoms with van der Waals surface area (Å²) in [5.41, 5.74) is 7.17. The fourth-order valence-electron chi connectivity index (χ4n) is 2.06. The van der Waals surface area contributed by atoms with Crippen LogP contribution in [-0.2, 0) is 0 Å². The molecule has 0 heterocycles. The average Bonchev–Trinajstić information content (AvgIpc) is 2.61. The summed E-state index contributed by atoms with van der Waals surface area (Å²) in [7, 11) is 0. The minimum absolute atomic E-state index is 0.190. The first kappa shape index (κ1) is 20.0. The molecular weight excluding hydrogens is 320 g/mol. The topological polar surface area (TPSA) is 113 Å². The summed E-state index contributed by atoms with van der Waals surface area (Å²) >= 11 is 0. The molecule has 0 bridgehead atoms. The SMILES string of the molecule is CCCCCNc1ccc(N)cc1.O=C(O)c1ccccc1C(=O)O. The molecule has 0 amide bonds. The Hall–Kier alpha value is -3.02.